The molecule has 0 heterocycles. The van der Waals surface area contributed by atoms with E-state index in [0.29, 0.717) is 24.0 Å². The second kappa shape index (κ2) is 10.2. The zero-order valence-electron chi connectivity index (χ0n) is 13.9. The van der Waals surface area contributed by atoms with Crippen LogP contribution < -0.4 is 4.74 Å². The van der Waals surface area contributed by atoms with Crippen molar-refractivity contribution in [1.29, 1.82) is 0 Å². The molecular formula is C17H25NO4S. The van der Waals surface area contributed by atoms with Gasteiger partial charge < -0.3 is 14.7 Å². The smallest absolute Gasteiger partial charge is 0.341 e. The molecule has 1 aromatic carbocycles. The summed E-state index contributed by atoms with van der Waals surface area (Å²) in [6.07, 6.45) is 1.12. The van der Waals surface area contributed by atoms with Crippen LogP contribution in [-0.4, -0.2) is 47.0 Å². The molecule has 0 aliphatic heterocycles. The maximum Gasteiger partial charge on any atom is 0.341 e. The van der Waals surface area contributed by atoms with Crippen LogP contribution in [0.15, 0.2) is 24.3 Å². The molecule has 0 unspecified atom stereocenters. The van der Waals surface area contributed by atoms with Crippen molar-refractivity contribution >= 4 is 23.6 Å². The number of carboxylic acid groups (broad SMARTS) is 1. The molecule has 1 rings (SSSR count). The first kappa shape index (κ1) is 19.4. The number of benzene rings is 1. The minimum absolute atomic E-state index is 0.116. The molecule has 0 atom stereocenters. The summed E-state index contributed by atoms with van der Waals surface area (Å²) < 4.78 is 5.08. The third-order valence-electron chi connectivity index (χ3n) is 3.20. The lowest BCUT2D eigenvalue weighted by Gasteiger charge is -2.17. The number of carbonyl (C=O) groups is 2. The number of amides is 1. The molecule has 1 aromatic rings. The number of aliphatic carboxylic acids is 1. The van der Waals surface area contributed by atoms with Gasteiger partial charge >= 0.3 is 5.97 Å². The fraction of sp³-hybridized carbons (Fsp3) is 0.529. The average molecular weight is 339 g/mol. The Bertz CT molecular complexity index is 502. The van der Waals surface area contributed by atoms with E-state index in [0.717, 1.165) is 17.7 Å². The molecule has 0 aliphatic carbocycles. The highest BCUT2D eigenvalue weighted by Gasteiger charge is 2.10. The van der Waals surface area contributed by atoms with E-state index in [4.69, 9.17) is 9.84 Å². The Morgan fingerprint density at radius 3 is 2.48 bits per heavy atom. The van der Waals surface area contributed by atoms with Crippen LogP contribution in [0.3, 0.4) is 0 Å². The molecule has 128 valence electrons. The molecule has 1 amide bonds. The van der Waals surface area contributed by atoms with E-state index < -0.39 is 5.97 Å². The number of hydrogen-bond acceptors (Lipinski definition) is 4. The van der Waals surface area contributed by atoms with Crippen LogP contribution in [0.4, 0.5) is 0 Å². The highest BCUT2D eigenvalue weighted by molar-refractivity contribution is 7.99. The average Bonchev–Trinajstić information content (AvgIpc) is 2.50. The maximum absolute atomic E-state index is 12.1. The molecule has 0 aromatic heterocycles. The normalized spacial score (nSPS) is 10.6. The SMILES string of the molecule is CC(C)CCSCC(=O)N(C)Cc1ccc(OCC(=O)O)cc1. The predicted molar refractivity (Wildman–Crippen MR) is 92.8 cm³/mol. The molecule has 0 saturated carbocycles. The van der Waals surface area contributed by atoms with E-state index in [2.05, 4.69) is 13.8 Å². The predicted octanol–water partition coefficient (Wildman–Crippen LogP) is 2.89. The van der Waals surface area contributed by atoms with Crippen molar-refractivity contribution in [2.45, 2.75) is 26.8 Å². The Labute approximate surface area is 142 Å². The van der Waals surface area contributed by atoms with Crippen LogP contribution in [0.1, 0.15) is 25.8 Å². The van der Waals surface area contributed by atoms with Gasteiger partial charge in [-0.1, -0.05) is 26.0 Å². The van der Waals surface area contributed by atoms with E-state index >= 15 is 0 Å². The number of carboxylic acids is 1. The molecule has 0 saturated heterocycles. The van der Waals surface area contributed by atoms with Crippen LogP contribution in [-0.2, 0) is 16.1 Å². The van der Waals surface area contributed by atoms with Crippen molar-refractivity contribution in [3.8, 4) is 5.75 Å². The van der Waals surface area contributed by atoms with Gasteiger partial charge in [-0.25, -0.2) is 4.79 Å². The Kier molecular flexibility index (Phi) is 8.55. The van der Waals surface area contributed by atoms with Crippen molar-refractivity contribution in [2.75, 3.05) is 25.2 Å². The summed E-state index contributed by atoms with van der Waals surface area (Å²) in [4.78, 5) is 24.2. The van der Waals surface area contributed by atoms with Crippen LogP contribution >= 0.6 is 11.8 Å². The van der Waals surface area contributed by atoms with Crippen LogP contribution in [0.25, 0.3) is 0 Å². The molecule has 0 bridgehead atoms. The van der Waals surface area contributed by atoms with Crippen LogP contribution in [0, 0.1) is 5.92 Å². The van der Waals surface area contributed by atoms with E-state index in [1.807, 2.05) is 12.1 Å². The van der Waals surface area contributed by atoms with Gasteiger partial charge in [0.15, 0.2) is 6.61 Å². The maximum atomic E-state index is 12.1. The Balaban J connectivity index is 2.36. The first-order valence-electron chi connectivity index (χ1n) is 7.63. The summed E-state index contributed by atoms with van der Waals surface area (Å²) >= 11 is 1.67. The van der Waals surface area contributed by atoms with Crippen LogP contribution in [0.2, 0.25) is 0 Å². The summed E-state index contributed by atoms with van der Waals surface area (Å²) in [5.41, 5.74) is 0.982. The number of ether oxygens (including phenoxy) is 1. The summed E-state index contributed by atoms with van der Waals surface area (Å²) in [6.45, 7) is 4.53. The lowest BCUT2D eigenvalue weighted by atomic mass is 10.2. The minimum Gasteiger partial charge on any atom is -0.482 e. The van der Waals surface area contributed by atoms with Gasteiger partial charge in [-0.3, -0.25) is 4.79 Å². The fourth-order valence-corrected chi connectivity index (χ4v) is 2.96. The van der Waals surface area contributed by atoms with Gasteiger partial charge in [0.25, 0.3) is 0 Å². The second-order valence-electron chi connectivity index (χ2n) is 5.81. The minimum atomic E-state index is -1.01. The van der Waals surface area contributed by atoms with E-state index in [-0.39, 0.29) is 12.5 Å². The molecule has 0 spiro atoms. The topological polar surface area (TPSA) is 66.8 Å². The number of nitrogens with zero attached hydrogens (tertiary/aromatic N) is 1. The third kappa shape index (κ3) is 8.50. The lowest BCUT2D eigenvalue weighted by molar-refractivity contribution is -0.139. The van der Waals surface area contributed by atoms with Gasteiger partial charge in [0.05, 0.1) is 5.75 Å². The van der Waals surface area contributed by atoms with Crippen molar-refractivity contribution in [3.05, 3.63) is 29.8 Å². The van der Waals surface area contributed by atoms with Gasteiger partial charge in [-0.15, -0.1) is 0 Å². The van der Waals surface area contributed by atoms with Crippen molar-refractivity contribution in [3.63, 3.8) is 0 Å². The standard InChI is InChI=1S/C17H25NO4S/c1-13(2)8-9-23-12-16(19)18(3)10-14-4-6-15(7-5-14)22-11-17(20)21/h4-7,13H,8-12H2,1-3H3,(H,20,21). The fourth-order valence-electron chi connectivity index (χ4n) is 1.79. The molecule has 0 aliphatic rings. The first-order valence-corrected chi connectivity index (χ1v) is 8.79. The number of rotatable bonds is 10. The molecule has 6 heteroatoms. The highest BCUT2D eigenvalue weighted by atomic mass is 32.2. The lowest BCUT2D eigenvalue weighted by Crippen LogP contribution is -2.27. The molecule has 5 nitrogen and oxygen atoms in total. The van der Waals surface area contributed by atoms with E-state index in [9.17, 15) is 9.59 Å². The largest absolute Gasteiger partial charge is 0.482 e. The number of carbonyl (C=O) groups excluding carboxylic acids is 1. The zero-order chi connectivity index (χ0) is 17.2. The van der Waals surface area contributed by atoms with Crippen LogP contribution in [0.5, 0.6) is 5.75 Å². The molecular weight excluding hydrogens is 314 g/mol. The summed E-state index contributed by atoms with van der Waals surface area (Å²) in [5, 5.41) is 8.56. The van der Waals surface area contributed by atoms with E-state index in [1.54, 1.807) is 35.8 Å². The molecule has 23 heavy (non-hydrogen) atoms. The zero-order valence-corrected chi connectivity index (χ0v) is 14.8. The quantitative estimate of drug-likeness (QED) is 0.664. The van der Waals surface area contributed by atoms with Crippen molar-refractivity contribution < 1.29 is 19.4 Å². The molecule has 0 radical (unpaired) electrons. The van der Waals surface area contributed by atoms with Gasteiger partial charge in [-0.05, 0) is 35.8 Å². The third-order valence-corrected chi connectivity index (χ3v) is 4.17. The Morgan fingerprint density at radius 2 is 1.91 bits per heavy atom. The first-order chi connectivity index (χ1) is 10.9. The molecule has 1 N–H and O–H groups in total. The number of thioether (sulfide) groups is 1. The number of hydrogen-bond donors (Lipinski definition) is 1. The van der Waals surface area contributed by atoms with Crippen molar-refractivity contribution in [1.82, 2.24) is 4.90 Å². The van der Waals surface area contributed by atoms with Gasteiger partial charge in [-0.2, -0.15) is 11.8 Å². The van der Waals surface area contributed by atoms with Gasteiger partial charge in [0, 0.05) is 13.6 Å². The van der Waals surface area contributed by atoms with Crippen molar-refractivity contribution in [2.24, 2.45) is 5.92 Å². The van der Waals surface area contributed by atoms with Gasteiger partial charge in [0.2, 0.25) is 5.91 Å². The highest BCUT2D eigenvalue weighted by Crippen LogP contribution is 2.14. The monoisotopic (exact) mass is 339 g/mol. The summed E-state index contributed by atoms with van der Waals surface area (Å²) in [7, 11) is 1.79. The Morgan fingerprint density at radius 1 is 1.26 bits per heavy atom. The molecule has 0 fully saturated rings. The summed E-state index contributed by atoms with van der Waals surface area (Å²) in [6, 6.07) is 7.11. The summed E-state index contributed by atoms with van der Waals surface area (Å²) in [5.74, 6) is 1.79. The second-order valence-corrected chi connectivity index (χ2v) is 6.92. The Hall–Kier alpha value is -1.69. The van der Waals surface area contributed by atoms with E-state index in [1.165, 1.54) is 0 Å². The van der Waals surface area contributed by atoms with Gasteiger partial charge in [0.1, 0.15) is 5.75 Å².